The Kier molecular flexibility index (Phi) is 3.16. The first-order valence-corrected chi connectivity index (χ1v) is 6.26. The molecule has 0 bridgehead atoms. The lowest BCUT2D eigenvalue weighted by Gasteiger charge is -2.13. The smallest absolute Gasteiger partial charge is 0.187 e. The standard InChI is InChI=1S/C10H11ClN4S/c1-15(2)9-6-5-12-10(16-3)13-7(6)4-8(11)14-9/h4-5H,1-3H3. The van der Waals surface area contributed by atoms with E-state index < -0.39 is 0 Å². The quantitative estimate of drug-likeness (QED) is 0.468. The summed E-state index contributed by atoms with van der Waals surface area (Å²) in [6.45, 7) is 0. The zero-order valence-corrected chi connectivity index (χ0v) is 10.8. The molecule has 4 nitrogen and oxygen atoms in total. The molecule has 0 aromatic carbocycles. The van der Waals surface area contributed by atoms with Gasteiger partial charge in [0.05, 0.1) is 10.9 Å². The average molecular weight is 255 g/mol. The van der Waals surface area contributed by atoms with Crippen LogP contribution in [0.3, 0.4) is 0 Å². The maximum atomic E-state index is 5.96. The molecule has 0 saturated heterocycles. The predicted molar refractivity (Wildman–Crippen MR) is 68.5 cm³/mol. The summed E-state index contributed by atoms with van der Waals surface area (Å²) in [5.74, 6) is 0.787. The highest BCUT2D eigenvalue weighted by Crippen LogP contribution is 2.25. The fourth-order valence-electron chi connectivity index (χ4n) is 1.41. The van der Waals surface area contributed by atoms with E-state index in [-0.39, 0.29) is 0 Å². The second-order valence-electron chi connectivity index (χ2n) is 3.45. The lowest BCUT2D eigenvalue weighted by atomic mass is 10.3. The van der Waals surface area contributed by atoms with Crippen LogP contribution >= 0.6 is 23.4 Å². The van der Waals surface area contributed by atoms with Crippen LogP contribution in [0, 0.1) is 0 Å². The Hall–Kier alpha value is -1.07. The first-order chi connectivity index (χ1) is 7.61. The van der Waals surface area contributed by atoms with Crippen LogP contribution in [-0.2, 0) is 0 Å². The van der Waals surface area contributed by atoms with E-state index in [0.29, 0.717) is 5.15 Å². The van der Waals surface area contributed by atoms with Crippen molar-refractivity contribution >= 4 is 40.1 Å². The molecule has 0 radical (unpaired) electrons. The summed E-state index contributed by atoms with van der Waals surface area (Å²) in [6, 6.07) is 1.76. The van der Waals surface area contributed by atoms with Gasteiger partial charge in [-0.05, 0) is 6.26 Å². The molecule has 0 saturated carbocycles. The van der Waals surface area contributed by atoms with Gasteiger partial charge in [-0.3, -0.25) is 0 Å². The van der Waals surface area contributed by atoms with Crippen LogP contribution in [0.2, 0.25) is 5.15 Å². The Bertz CT molecular complexity index is 529. The number of pyridine rings is 1. The van der Waals surface area contributed by atoms with Gasteiger partial charge in [-0.1, -0.05) is 23.4 Å². The van der Waals surface area contributed by atoms with Gasteiger partial charge in [0.15, 0.2) is 5.16 Å². The van der Waals surface area contributed by atoms with Gasteiger partial charge in [-0.25, -0.2) is 15.0 Å². The van der Waals surface area contributed by atoms with Gasteiger partial charge in [-0.15, -0.1) is 0 Å². The molecule has 0 amide bonds. The Morgan fingerprint density at radius 1 is 1.31 bits per heavy atom. The molecule has 2 aromatic heterocycles. The molecule has 0 N–H and O–H groups in total. The molecule has 2 heterocycles. The summed E-state index contributed by atoms with van der Waals surface area (Å²) in [5.41, 5.74) is 0.822. The lowest BCUT2D eigenvalue weighted by Crippen LogP contribution is -2.11. The highest BCUT2D eigenvalue weighted by atomic mass is 35.5. The van der Waals surface area contributed by atoms with Gasteiger partial charge in [0.1, 0.15) is 11.0 Å². The van der Waals surface area contributed by atoms with Crippen LogP contribution in [-0.4, -0.2) is 35.3 Å². The first-order valence-electron chi connectivity index (χ1n) is 4.66. The van der Waals surface area contributed by atoms with Gasteiger partial charge in [-0.2, -0.15) is 0 Å². The van der Waals surface area contributed by atoms with Crippen molar-refractivity contribution in [2.45, 2.75) is 5.16 Å². The van der Waals surface area contributed by atoms with Gasteiger partial charge in [0.2, 0.25) is 0 Å². The Morgan fingerprint density at radius 3 is 2.69 bits per heavy atom. The number of aromatic nitrogens is 3. The van der Waals surface area contributed by atoms with Crippen molar-refractivity contribution in [3.63, 3.8) is 0 Å². The molecule has 6 heteroatoms. The number of hydrogen-bond acceptors (Lipinski definition) is 5. The van der Waals surface area contributed by atoms with Crippen LogP contribution in [0.25, 0.3) is 10.9 Å². The van der Waals surface area contributed by atoms with Crippen molar-refractivity contribution in [2.75, 3.05) is 25.3 Å². The number of halogens is 1. The number of nitrogens with zero attached hydrogens (tertiary/aromatic N) is 4. The molecule has 0 unspecified atom stereocenters. The van der Waals surface area contributed by atoms with Gasteiger partial charge >= 0.3 is 0 Å². The van der Waals surface area contributed by atoms with E-state index >= 15 is 0 Å². The molecule has 84 valence electrons. The minimum Gasteiger partial charge on any atom is -0.362 e. The van der Waals surface area contributed by atoms with E-state index in [2.05, 4.69) is 15.0 Å². The van der Waals surface area contributed by atoms with Crippen molar-refractivity contribution in [3.05, 3.63) is 17.4 Å². The largest absolute Gasteiger partial charge is 0.362 e. The van der Waals surface area contributed by atoms with Crippen molar-refractivity contribution < 1.29 is 0 Å². The lowest BCUT2D eigenvalue weighted by molar-refractivity contribution is 0.997. The van der Waals surface area contributed by atoms with Crippen molar-refractivity contribution in [1.29, 1.82) is 0 Å². The zero-order valence-electron chi connectivity index (χ0n) is 9.23. The maximum Gasteiger partial charge on any atom is 0.187 e. The third-order valence-corrected chi connectivity index (χ3v) is 2.87. The van der Waals surface area contributed by atoms with E-state index in [1.807, 2.05) is 25.3 Å². The first kappa shape index (κ1) is 11.4. The number of hydrogen-bond donors (Lipinski definition) is 0. The Morgan fingerprint density at radius 2 is 2.06 bits per heavy atom. The molecule has 0 atom stereocenters. The molecular formula is C10H11ClN4S. The summed E-state index contributed by atoms with van der Waals surface area (Å²) in [7, 11) is 3.83. The Balaban J connectivity index is 2.73. The van der Waals surface area contributed by atoms with Crippen LogP contribution in [0.15, 0.2) is 17.4 Å². The molecule has 0 fully saturated rings. The highest BCUT2D eigenvalue weighted by Gasteiger charge is 2.09. The normalized spacial score (nSPS) is 10.8. The van der Waals surface area contributed by atoms with E-state index in [1.165, 1.54) is 11.8 Å². The van der Waals surface area contributed by atoms with Crippen molar-refractivity contribution in [3.8, 4) is 0 Å². The van der Waals surface area contributed by atoms with Gasteiger partial charge in [0.25, 0.3) is 0 Å². The summed E-state index contributed by atoms with van der Waals surface area (Å²) >= 11 is 7.46. The van der Waals surface area contributed by atoms with Crippen molar-refractivity contribution in [1.82, 2.24) is 15.0 Å². The fourth-order valence-corrected chi connectivity index (χ4v) is 1.94. The Labute approximate surface area is 103 Å². The average Bonchev–Trinajstić information content (AvgIpc) is 2.26. The van der Waals surface area contributed by atoms with E-state index in [1.54, 1.807) is 12.3 Å². The van der Waals surface area contributed by atoms with Crippen LogP contribution < -0.4 is 4.90 Å². The van der Waals surface area contributed by atoms with E-state index in [4.69, 9.17) is 11.6 Å². The maximum absolute atomic E-state index is 5.96. The second-order valence-corrected chi connectivity index (χ2v) is 4.61. The molecule has 2 rings (SSSR count). The third-order valence-electron chi connectivity index (χ3n) is 2.11. The topological polar surface area (TPSA) is 41.9 Å². The summed E-state index contributed by atoms with van der Waals surface area (Å²) in [5, 5.41) is 2.09. The molecule has 0 spiro atoms. The monoisotopic (exact) mass is 254 g/mol. The molecule has 0 aliphatic rings. The SMILES string of the molecule is CSc1ncc2c(N(C)C)nc(Cl)cc2n1. The van der Waals surface area contributed by atoms with Gasteiger partial charge in [0, 0.05) is 26.4 Å². The van der Waals surface area contributed by atoms with E-state index in [9.17, 15) is 0 Å². The number of anilines is 1. The van der Waals surface area contributed by atoms with Gasteiger partial charge < -0.3 is 4.90 Å². The van der Waals surface area contributed by atoms with Crippen LogP contribution in [0.1, 0.15) is 0 Å². The van der Waals surface area contributed by atoms with Crippen molar-refractivity contribution in [2.24, 2.45) is 0 Å². The summed E-state index contributed by atoms with van der Waals surface area (Å²) in [4.78, 5) is 14.8. The van der Waals surface area contributed by atoms with E-state index in [0.717, 1.165) is 21.9 Å². The minimum atomic E-state index is 0.446. The zero-order chi connectivity index (χ0) is 11.7. The van der Waals surface area contributed by atoms with Crippen LogP contribution in [0.4, 0.5) is 5.82 Å². The summed E-state index contributed by atoms with van der Waals surface area (Å²) in [6.07, 6.45) is 3.73. The van der Waals surface area contributed by atoms with Crippen LogP contribution in [0.5, 0.6) is 0 Å². The minimum absolute atomic E-state index is 0.446. The number of rotatable bonds is 2. The molecule has 2 aromatic rings. The predicted octanol–water partition coefficient (Wildman–Crippen LogP) is 2.47. The molecule has 0 aliphatic carbocycles. The third kappa shape index (κ3) is 2.05. The molecular weight excluding hydrogens is 244 g/mol. The number of fused-ring (bicyclic) bond motifs is 1. The second kappa shape index (κ2) is 4.43. The fraction of sp³-hybridized carbons (Fsp3) is 0.300. The number of thioether (sulfide) groups is 1. The molecule has 16 heavy (non-hydrogen) atoms. The summed E-state index contributed by atoms with van der Waals surface area (Å²) < 4.78 is 0. The molecule has 0 aliphatic heterocycles. The highest BCUT2D eigenvalue weighted by molar-refractivity contribution is 7.98.